The first-order chi connectivity index (χ1) is 16.0. The van der Waals surface area contributed by atoms with Crippen LogP contribution >= 0.6 is 34.4 Å². The minimum atomic E-state index is -0.178. The number of thioether (sulfide) groups is 1. The van der Waals surface area contributed by atoms with E-state index in [4.69, 9.17) is 14.1 Å². The molecule has 33 heavy (non-hydrogen) atoms. The van der Waals surface area contributed by atoms with E-state index in [-0.39, 0.29) is 17.4 Å². The van der Waals surface area contributed by atoms with Crippen LogP contribution in [0.1, 0.15) is 35.0 Å². The molecule has 5 rings (SSSR count). The lowest BCUT2D eigenvalue weighted by Gasteiger charge is -2.08. The van der Waals surface area contributed by atoms with Crippen LogP contribution in [-0.4, -0.2) is 20.2 Å². The summed E-state index contributed by atoms with van der Waals surface area (Å²) in [6, 6.07) is 10.0. The summed E-state index contributed by atoms with van der Waals surface area (Å²) in [5.41, 5.74) is 2.96. The average molecular weight is 497 g/mol. The summed E-state index contributed by atoms with van der Waals surface area (Å²) in [7, 11) is 0. The van der Waals surface area contributed by atoms with Gasteiger partial charge in [0.15, 0.2) is 6.61 Å². The Bertz CT molecular complexity index is 1470. The molecule has 0 radical (unpaired) electrons. The highest BCUT2D eigenvalue weighted by molar-refractivity contribution is 7.99. The first kappa shape index (κ1) is 21.9. The number of hydrogen-bond acceptors (Lipinski definition) is 9. The predicted octanol–water partition coefficient (Wildman–Crippen LogP) is 6.15. The standard InChI is InChI=1S/C23H20N4O3S3/c1-12-6-7-13(2)16(9-12)29-10-18-26-27-23(30-18)33-14(3)20-24-21(28)19-15(11-32-22(19)25-20)17-5-4-8-31-17/h4-9,11,14H,10H2,1-3H3,(H,24,25,28). The van der Waals surface area contributed by atoms with Crippen molar-refractivity contribution in [2.75, 3.05) is 0 Å². The van der Waals surface area contributed by atoms with Gasteiger partial charge in [-0.15, -0.1) is 32.9 Å². The number of benzene rings is 1. The number of nitrogens with one attached hydrogen (secondary N) is 1. The SMILES string of the molecule is Cc1ccc(C)c(OCc2nnc(SC(C)c3nc4scc(-c5cccs5)c4c(=O)[nH]3)o2)c1. The highest BCUT2D eigenvalue weighted by atomic mass is 32.2. The molecular weight excluding hydrogens is 476 g/mol. The molecule has 1 aromatic carbocycles. The Balaban J connectivity index is 1.30. The number of H-pyrrole nitrogens is 1. The van der Waals surface area contributed by atoms with E-state index in [1.165, 1.54) is 23.1 Å². The molecule has 0 aliphatic rings. The minimum Gasteiger partial charge on any atom is -0.484 e. The molecule has 0 aliphatic heterocycles. The lowest BCUT2D eigenvalue weighted by atomic mass is 10.1. The Morgan fingerprint density at radius 3 is 2.91 bits per heavy atom. The summed E-state index contributed by atoms with van der Waals surface area (Å²) < 4.78 is 11.6. The molecule has 0 aliphatic carbocycles. The fraction of sp³-hybridized carbons (Fsp3) is 0.217. The van der Waals surface area contributed by atoms with E-state index in [0.717, 1.165) is 32.1 Å². The maximum Gasteiger partial charge on any atom is 0.277 e. The van der Waals surface area contributed by atoms with Gasteiger partial charge in [-0.25, -0.2) is 4.98 Å². The molecule has 0 amide bonds. The Kier molecular flexibility index (Phi) is 6.05. The number of nitrogens with zero attached hydrogens (tertiary/aromatic N) is 3. The van der Waals surface area contributed by atoms with Crippen LogP contribution in [-0.2, 0) is 6.61 Å². The minimum absolute atomic E-state index is 0.139. The fourth-order valence-corrected chi connectivity index (χ4v) is 5.85. The van der Waals surface area contributed by atoms with E-state index in [1.54, 1.807) is 11.3 Å². The van der Waals surface area contributed by atoms with Crippen LogP contribution in [0.15, 0.2) is 55.5 Å². The van der Waals surface area contributed by atoms with E-state index >= 15 is 0 Å². The first-order valence-corrected chi connectivity index (χ1v) is 12.9. The van der Waals surface area contributed by atoms with Gasteiger partial charge in [0.2, 0.25) is 0 Å². The predicted molar refractivity (Wildman–Crippen MR) is 132 cm³/mol. The van der Waals surface area contributed by atoms with Crippen LogP contribution in [0, 0.1) is 13.8 Å². The summed E-state index contributed by atoms with van der Waals surface area (Å²) in [5.74, 6) is 1.76. The second kappa shape index (κ2) is 9.12. The summed E-state index contributed by atoms with van der Waals surface area (Å²) in [6.07, 6.45) is 0. The number of aromatic amines is 1. The molecular formula is C23H20N4O3S3. The second-order valence-electron chi connectivity index (χ2n) is 7.54. The maximum absolute atomic E-state index is 12.8. The highest BCUT2D eigenvalue weighted by Gasteiger charge is 2.19. The van der Waals surface area contributed by atoms with Crippen LogP contribution in [0.25, 0.3) is 20.7 Å². The first-order valence-electron chi connectivity index (χ1n) is 10.2. The number of aromatic nitrogens is 4. The molecule has 0 saturated heterocycles. The summed E-state index contributed by atoms with van der Waals surface area (Å²) >= 11 is 4.42. The second-order valence-corrected chi connectivity index (χ2v) is 10.6. The molecule has 4 aromatic heterocycles. The molecule has 5 aromatic rings. The zero-order valence-electron chi connectivity index (χ0n) is 18.1. The summed E-state index contributed by atoms with van der Waals surface area (Å²) in [5, 5.41) is 13.0. The Morgan fingerprint density at radius 2 is 2.09 bits per heavy atom. The normalized spacial score (nSPS) is 12.3. The number of hydrogen-bond donors (Lipinski definition) is 1. The van der Waals surface area contributed by atoms with Crippen LogP contribution in [0.4, 0.5) is 0 Å². The van der Waals surface area contributed by atoms with Gasteiger partial charge in [0.05, 0.1) is 10.6 Å². The zero-order chi connectivity index (χ0) is 22.9. The van der Waals surface area contributed by atoms with Crippen molar-refractivity contribution < 1.29 is 9.15 Å². The quantitative estimate of drug-likeness (QED) is 0.270. The van der Waals surface area contributed by atoms with Gasteiger partial charge >= 0.3 is 0 Å². The van der Waals surface area contributed by atoms with Crippen LogP contribution < -0.4 is 10.3 Å². The Morgan fingerprint density at radius 1 is 1.21 bits per heavy atom. The number of rotatable bonds is 7. The monoisotopic (exact) mass is 496 g/mol. The van der Waals surface area contributed by atoms with Crippen molar-refractivity contribution >= 4 is 44.7 Å². The van der Waals surface area contributed by atoms with Gasteiger partial charge in [-0.05, 0) is 49.4 Å². The summed E-state index contributed by atoms with van der Waals surface area (Å²) in [6.45, 7) is 6.14. The third-order valence-corrected chi connectivity index (χ3v) is 7.77. The Hall–Kier alpha value is -2.95. The smallest absolute Gasteiger partial charge is 0.277 e. The molecule has 10 heteroatoms. The van der Waals surface area contributed by atoms with Crippen molar-refractivity contribution in [1.29, 1.82) is 0 Å². The Labute approximate surface area is 201 Å². The van der Waals surface area contributed by atoms with Crippen LogP contribution in [0.3, 0.4) is 0 Å². The highest BCUT2D eigenvalue weighted by Crippen LogP contribution is 2.36. The lowest BCUT2D eigenvalue weighted by molar-refractivity contribution is 0.250. The van der Waals surface area contributed by atoms with Crippen molar-refractivity contribution in [1.82, 2.24) is 20.2 Å². The van der Waals surface area contributed by atoms with E-state index in [2.05, 4.69) is 15.2 Å². The third kappa shape index (κ3) is 4.59. The largest absolute Gasteiger partial charge is 0.484 e. The lowest BCUT2D eigenvalue weighted by Crippen LogP contribution is -2.12. The third-order valence-electron chi connectivity index (χ3n) is 5.05. The molecule has 0 bridgehead atoms. The molecule has 1 unspecified atom stereocenters. The van der Waals surface area contributed by atoms with Crippen LogP contribution in [0.5, 0.6) is 5.75 Å². The van der Waals surface area contributed by atoms with Crippen molar-refractivity contribution in [2.45, 2.75) is 37.9 Å². The van der Waals surface area contributed by atoms with Crippen molar-refractivity contribution in [3.05, 3.63) is 74.3 Å². The zero-order valence-corrected chi connectivity index (χ0v) is 20.6. The molecule has 1 atom stereocenters. The van der Waals surface area contributed by atoms with Gasteiger partial charge in [0, 0.05) is 15.8 Å². The molecule has 1 N–H and O–H groups in total. The molecule has 4 heterocycles. The van der Waals surface area contributed by atoms with E-state index in [9.17, 15) is 4.79 Å². The average Bonchev–Trinajstić information content (AvgIpc) is 3.55. The molecule has 0 saturated carbocycles. The fourth-order valence-electron chi connectivity index (χ4n) is 3.32. The number of ether oxygens (including phenoxy) is 1. The van der Waals surface area contributed by atoms with Crippen molar-refractivity contribution in [3.8, 4) is 16.2 Å². The van der Waals surface area contributed by atoms with Gasteiger partial charge in [0.1, 0.15) is 16.4 Å². The van der Waals surface area contributed by atoms with Gasteiger partial charge in [-0.1, -0.05) is 30.0 Å². The molecule has 168 valence electrons. The van der Waals surface area contributed by atoms with Gasteiger partial charge in [0.25, 0.3) is 16.7 Å². The van der Waals surface area contributed by atoms with Crippen molar-refractivity contribution in [3.63, 3.8) is 0 Å². The number of fused-ring (bicyclic) bond motifs is 1. The van der Waals surface area contributed by atoms with Crippen molar-refractivity contribution in [2.24, 2.45) is 0 Å². The maximum atomic E-state index is 12.8. The van der Waals surface area contributed by atoms with Gasteiger partial charge in [-0.3, -0.25) is 4.79 Å². The molecule has 0 fully saturated rings. The number of thiophene rings is 2. The summed E-state index contributed by atoms with van der Waals surface area (Å²) in [4.78, 5) is 22.3. The molecule has 0 spiro atoms. The van der Waals surface area contributed by atoms with E-state index < -0.39 is 0 Å². The van der Waals surface area contributed by atoms with E-state index in [1.807, 2.05) is 61.9 Å². The number of aryl methyl sites for hydroxylation is 2. The van der Waals surface area contributed by atoms with Crippen LogP contribution in [0.2, 0.25) is 0 Å². The molecule has 7 nitrogen and oxygen atoms in total. The topological polar surface area (TPSA) is 93.9 Å². The van der Waals surface area contributed by atoms with E-state index in [0.29, 0.717) is 22.3 Å². The van der Waals surface area contributed by atoms with Gasteiger partial charge in [-0.2, -0.15) is 0 Å². The van der Waals surface area contributed by atoms with Gasteiger partial charge < -0.3 is 14.1 Å².